The van der Waals surface area contributed by atoms with Crippen molar-refractivity contribution in [2.24, 2.45) is 11.8 Å². The fourth-order valence-corrected chi connectivity index (χ4v) is 3.92. The van der Waals surface area contributed by atoms with Crippen molar-refractivity contribution in [3.05, 3.63) is 35.6 Å². The molecule has 1 aromatic rings. The van der Waals surface area contributed by atoms with Crippen molar-refractivity contribution in [1.29, 1.82) is 0 Å². The molecule has 0 radical (unpaired) electrons. The first-order valence-corrected chi connectivity index (χ1v) is 8.44. The van der Waals surface area contributed by atoms with Crippen LogP contribution in [0, 0.1) is 17.7 Å². The van der Waals surface area contributed by atoms with E-state index < -0.39 is 6.10 Å². The summed E-state index contributed by atoms with van der Waals surface area (Å²) in [7, 11) is 0. The zero-order valence-corrected chi connectivity index (χ0v) is 13.1. The number of aliphatic hydroxyl groups excluding tert-OH is 1. The van der Waals surface area contributed by atoms with Crippen molar-refractivity contribution < 1.29 is 14.2 Å². The average molecular weight is 307 g/mol. The van der Waals surface area contributed by atoms with E-state index in [1.165, 1.54) is 31.7 Å². The third kappa shape index (κ3) is 4.06. The standard InChI is InChI=1S/C18H26FNO2/c19-18-8-4-3-7-16(18)12-22-13-17(21)11-20-9-14-5-1-2-6-15(14)10-20/h3-4,7-8,14-15,17,21H,1-2,5-6,9-13H2. The van der Waals surface area contributed by atoms with Crippen molar-refractivity contribution in [1.82, 2.24) is 4.90 Å². The Bertz CT molecular complexity index is 468. The van der Waals surface area contributed by atoms with E-state index in [0.29, 0.717) is 12.1 Å². The molecule has 1 saturated heterocycles. The lowest BCUT2D eigenvalue weighted by Crippen LogP contribution is -2.33. The van der Waals surface area contributed by atoms with Crippen LogP contribution in [-0.2, 0) is 11.3 Å². The van der Waals surface area contributed by atoms with E-state index >= 15 is 0 Å². The summed E-state index contributed by atoms with van der Waals surface area (Å²) in [4.78, 5) is 2.37. The molecule has 2 aliphatic rings. The Hall–Kier alpha value is -0.970. The second-order valence-electron chi connectivity index (χ2n) is 6.78. The summed E-state index contributed by atoms with van der Waals surface area (Å²) in [6, 6.07) is 6.61. The SMILES string of the molecule is OC(COCc1ccccc1F)CN1CC2CCCCC2C1. The summed E-state index contributed by atoms with van der Waals surface area (Å²) in [5, 5.41) is 10.1. The van der Waals surface area contributed by atoms with Gasteiger partial charge < -0.3 is 14.7 Å². The molecule has 122 valence electrons. The van der Waals surface area contributed by atoms with Gasteiger partial charge in [0.15, 0.2) is 0 Å². The molecule has 4 heteroatoms. The highest BCUT2D eigenvalue weighted by molar-refractivity contribution is 5.16. The Morgan fingerprint density at radius 3 is 2.55 bits per heavy atom. The number of benzene rings is 1. The van der Waals surface area contributed by atoms with Gasteiger partial charge in [-0.2, -0.15) is 0 Å². The number of β-amino-alcohol motifs (C(OH)–C–C–N with tert-alkyl or cyclic N) is 1. The fraction of sp³-hybridized carbons (Fsp3) is 0.667. The minimum atomic E-state index is -0.494. The maximum Gasteiger partial charge on any atom is 0.128 e. The zero-order chi connectivity index (χ0) is 15.4. The van der Waals surface area contributed by atoms with Crippen LogP contribution in [-0.4, -0.2) is 42.4 Å². The topological polar surface area (TPSA) is 32.7 Å². The molecule has 22 heavy (non-hydrogen) atoms. The molecule has 3 rings (SSSR count). The van der Waals surface area contributed by atoms with Gasteiger partial charge in [-0.3, -0.25) is 0 Å². The van der Waals surface area contributed by atoms with Crippen LogP contribution in [0.3, 0.4) is 0 Å². The molecule has 0 amide bonds. The van der Waals surface area contributed by atoms with E-state index in [0.717, 1.165) is 24.9 Å². The fourth-order valence-electron chi connectivity index (χ4n) is 3.92. The normalized spacial score (nSPS) is 26.8. The van der Waals surface area contributed by atoms with Crippen LogP contribution in [0.15, 0.2) is 24.3 Å². The molecule has 3 nitrogen and oxygen atoms in total. The Morgan fingerprint density at radius 1 is 1.18 bits per heavy atom. The van der Waals surface area contributed by atoms with Crippen LogP contribution in [0.1, 0.15) is 31.2 Å². The lowest BCUT2D eigenvalue weighted by molar-refractivity contribution is 0.0118. The van der Waals surface area contributed by atoms with Gasteiger partial charge in [-0.15, -0.1) is 0 Å². The number of fused-ring (bicyclic) bond motifs is 1. The molecule has 0 spiro atoms. The van der Waals surface area contributed by atoms with Crippen molar-refractivity contribution >= 4 is 0 Å². The number of aliphatic hydroxyl groups is 1. The van der Waals surface area contributed by atoms with Gasteiger partial charge in [0.2, 0.25) is 0 Å². The summed E-state index contributed by atoms with van der Waals surface area (Å²) in [5.74, 6) is 1.42. The van der Waals surface area contributed by atoms with E-state index in [-0.39, 0.29) is 19.0 Å². The average Bonchev–Trinajstić information content (AvgIpc) is 2.91. The van der Waals surface area contributed by atoms with Gasteiger partial charge in [0.1, 0.15) is 5.82 Å². The third-order valence-corrected chi connectivity index (χ3v) is 5.05. The molecule has 3 unspecified atom stereocenters. The lowest BCUT2D eigenvalue weighted by Gasteiger charge is -2.23. The quantitative estimate of drug-likeness (QED) is 0.877. The summed E-state index contributed by atoms with van der Waals surface area (Å²) in [6.07, 6.45) is 4.93. The van der Waals surface area contributed by atoms with E-state index in [1.807, 2.05) is 0 Å². The van der Waals surface area contributed by atoms with Crippen LogP contribution in [0.5, 0.6) is 0 Å². The third-order valence-electron chi connectivity index (χ3n) is 5.05. The molecule has 1 heterocycles. The smallest absolute Gasteiger partial charge is 0.128 e. The van der Waals surface area contributed by atoms with Crippen molar-refractivity contribution in [3.8, 4) is 0 Å². The molecule has 0 aromatic heterocycles. The van der Waals surface area contributed by atoms with Crippen LogP contribution < -0.4 is 0 Å². The number of hydrogen-bond donors (Lipinski definition) is 1. The van der Waals surface area contributed by atoms with E-state index in [2.05, 4.69) is 4.90 Å². The molecular weight excluding hydrogens is 281 g/mol. The summed E-state index contributed by atoms with van der Waals surface area (Å²) in [6.45, 7) is 3.39. The van der Waals surface area contributed by atoms with Gasteiger partial charge >= 0.3 is 0 Å². The van der Waals surface area contributed by atoms with Gasteiger partial charge in [0.25, 0.3) is 0 Å². The molecule has 3 atom stereocenters. The Morgan fingerprint density at radius 2 is 1.86 bits per heavy atom. The number of likely N-dealkylation sites (tertiary alicyclic amines) is 1. The van der Waals surface area contributed by atoms with E-state index in [1.54, 1.807) is 18.2 Å². The first kappa shape index (κ1) is 15.9. The highest BCUT2D eigenvalue weighted by atomic mass is 19.1. The summed E-state index contributed by atoms with van der Waals surface area (Å²) < 4.78 is 18.9. The highest BCUT2D eigenvalue weighted by Gasteiger charge is 2.34. The van der Waals surface area contributed by atoms with Crippen molar-refractivity contribution in [2.45, 2.75) is 38.4 Å². The number of rotatable bonds is 6. The predicted octanol–water partition coefficient (Wildman–Crippen LogP) is 2.83. The minimum absolute atomic E-state index is 0.217. The maximum atomic E-state index is 13.5. The van der Waals surface area contributed by atoms with Gasteiger partial charge in [0, 0.05) is 25.2 Å². The number of halogens is 1. The van der Waals surface area contributed by atoms with E-state index in [9.17, 15) is 9.50 Å². The number of ether oxygens (including phenoxy) is 1. The zero-order valence-electron chi connectivity index (χ0n) is 13.1. The van der Waals surface area contributed by atoms with Crippen LogP contribution in [0.25, 0.3) is 0 Å². The molecule has 2 fully saturated rings. The van der Waals surface area contributed by atoms with E-state index in [4.69, 9.17) is 4.74 Å². The highest BCUT2D eigenvalue weighted by Crippen LogP contribution is 2.35. The van der Waals surface area contributed by atoms with Crippen LogP contribution in [0.2, 0.25) is 0 Å². The summed E-state index contributed by atoms with van der Waals surface area (Å²) in [5.41, 5.74) is 0.543. The molecule has 1 N–H and O–H groups in total. The Labute approximate surface area is 132 Å². The minimum Gasteiger partial charge on any atom is -0.389 e. The Balaban J connectivity index is 1.38. The van der Waals surface area contributed by atoms with Crippen LogP contribution >= 0.6 is 0 Å². The number of hydrogen-bond acceptors (Lipinski definition) is 3. The van der Waals surface area contributed by atoms with Gasteiger partial charge in [-0.1, -0.05) is 31.0 Å². The number of nitrogens with zero attached hydrogens (tertiary/aromatic N) is 1. The maximum absolute atomic E-state index is 13.5. The largest absolute Gasteiger partial charge is 0.389 e. The van der Waals surface area contributed by atoms with Crippen LogP contribution in [0.4, 0.5) is 4.39 Å². The van der Waals surface area contributed by atoms with Crippen molar-refractivity contribution in [3.63, 3.8) is 0 Å². The van der Waals surface area contributed by atoms with Gasteiger partial charge in [-0.25, -0.2) is 4.39 Å². The predicted molar refractivity (Wildman–Crippen MR) is 84.0 cm³/mol. The van der Waals surface area contributed by atoms with Crippen molar-refractivity contribution in [2.75, 3.05) is 26.2 Å². The second-order valence-corrected chi connectivity index (χ2v) is 6.78. The first-order valence-electron chi connectivity index (χ1n) is 8.44. The molecule has 0 bridgehead atoms. The summed E-state index contributed by atoms with van der Waals surface area (Å²) >= 11 is 0. The molecule has 1 aliphatic carbocycles. The monoisotopic (exact) mass is 307 g/mol. The van der Waals surface area contributed by atoms with Gasteiger partial charge in [0.05, 0.1) is 19.3 Å². The molecule has 1 aliphatic heterocycles. The lowest BCUT2D eigenvalue weighted by atomic mass is 9.82. The molecular formula is C18H26FNO2. The second kappa shape index (κ2) is 7.53. The first-order chi connectivity index (χ1) is 10.7. The Kier molecular flexibility index (Phi) is 5.45. The molecule has 1 saturated carbocycles. The van der Waals surface area contributed by atoms with Gasteiger partial charge in [-0.05, 0) is 30.7 Å². The molecule has 1 aromatic carbocycles.